The molecule has 0 atom stereocenters. The molecule has 2 fully saturated rings. The number of hydrogen-bond acceptors (Lipinski definition) is 5. The van der Waals surface area contributed by atoms with Crippen molar-refractivity contribution in [3.63, 3.8) is 0 Å². The SMILES string of the molecule is CC(C)(C)OC(=O)N1CCN(C2CCC(C#N)(c3cccc(O)c3)CC2)CC1. The molecule has 1 saturated carbocycles. The second-order valence-electron chi connectivity index (χ2n) is 8.98. The zero-order valence-corrected chi connectivity index (χ0v) is 17.1. The zero-order valence-electron chi connectivity index (χ0n) is 17.1. The Labute approximate surface area is 167 Å². The Morgan fingerprint density at radius 2 is 1.86 bits per heavy atom. The number of carbonyl (C=O) groups is 1. The lowest BCUT2D eigenvalue weighted by molar-refractivity contribution is 0.00722. The Morgan fingerprint density at radius 3 is 2.39 bits per heavy atom. The second kappa shape index (κ2) is 8.00. The van der Waals surface area contributed by atoms with E-state index in [-0.39, 0.29) is 11.8 Å². The minimum absolute atomic E-state index is 0.215. The Kier molecular flexibility index (Phi) is 5.85. The summed E-state index contributed by atoms with van der Waals surface area (Å²) in [6.45, 7) is 8.71. The fourth-order valence-electron chi connectivity index (χ4n) is 4.33. The first-order valence-corrected chi connectivity index (χ1v) is 10.2. The molecule has 0 aromatic heterocycles. The second-order valence-corrected chi connectivity index (χ2v) is 8.98. The van der Waals surface area contributed by atoms with Crippen molar-refractivity contribution in [2.75, 3.05) is 26.2 Å². The number of piperazine rings is 1. The van der Waals surface area contributed by atoms with Gasteiger partial charge in [0.05, 0.1) is 11.5 Å². The van der Waals surface area contributed by atoms with Crippen molar-refractivity contribution in [3.8, 4) is 11.8 Å². The molecule has 6 nitrogen and oxygen atoms in total. The summed E-state index contributed by atoms with van der Waals surface area (Å²) in [5.41, 5.74) is -0.0549. The number of nitrogens with zero attached hydrogens (tertiary/aromatic N) is 3. The third kappa shape index (κ3) is 4.59. The summed E-state index contributed by atoms with van der Waals surface area (Å²) in [6.07, 6.45) is 3.27. The number of carbonyl (C=O) groups excluding carboxylic acids is 1. The van der Waals surface area contributed by atoms with Crippen LogP contribution in [0, 0.1) is 11.3 Å². The van der Waals surface area contributed by atoms with E-state index in [9.17, 15) is 15.2 Å². The highest BCUT2D eigenvalue weighted by atomic mass is 16.6. The van der Waals surface area contributed by atoms with E-state index in [1.807, 2.05) is 32.9 Å². The van der Waals surface area contributed by atoms with E-state index in [1.54, 1.807) is 17.0 Å². The molecule has 0 bridgehead atoms. The summed E-state index contributed by atoms with van der Waals surface area (Å²) in [5.74, 6) is 0.215. The lowest BCUT2D eigenvalue weighted by atomic mass is 9.69. The van der Waals surface area contributed by atoms with E-state index in [0.29, 0.717) is 19.1 Å². The summed E-state index contributed by atoms with van der Waals surface area (Å²) in [7, 11) is 0. The lowest BCUT2D eigenvalue weighted by Crippen LogP contribution is -2.54. The van der Waals surface area contributed by atoms with Crippen molar-refractivity contribution in [1.29, 1.82) is 5.26 Å². The van der Waals surface area contributed by atoms with Gasteiger partial charge in [-0.1, -0.05) is 12.1 Å². The predicted octanol–water partition coefficient (Wildman–Crippen LogP) is 3.65. The Bertz CT molecular complexity index is 734. The molecule has 6 heteroatoms. The van der Waals surface area contributed by atoms with Crippen LogP contribution in [0.25, 0.3) is 0 Å². The highest BCUT2D eigenvalue weighted by Gasteiger charge is 2.39. The van der Waals surface area contributed by atoms with Gasteiger partial charge in [-0.15, -0.1) is 0 Å². The fraction of sp³-hybridized carbons (Fsp3) is 0.636. The van der Waals surface area contributed by atoms with E-state index >= 15 is 0 Å². The first kappa shape index (κ1) is 20.5. The molecule has 28 heavy (non-hydrogen) atoms. The maximum Gasteiger partial charge on any atom is 0.410 e. The molecule has 0 unspecified atom stereocenters. The first-order chi connectivity index (χ1) is 13.2. The maximum absolute atomic E-state index is 12.2. The van der Waals surface area contributed by atoms with Gasteiger partial charge in [-0.05, 0) is 64.2 Å². The minimum atomic E-state index is -0.506. The number of benzene rings is 1. The number of aromatic hydroxyl groups is 1. The van der Waals surface area contributed by atoms with Gasteiger partial charge in [0.15, 0.2) is 0 Å². The van der Waals surface area contributed by atoms with E-state index in [0.717, 1.165) is 44.3 Å². The maximum atomic E-state index is 12.2. The van der Waals surface area contributed by atoms with Gasteiger partial charge in [0.1, 0.15) is 11.4 Å². The number of rotatable bonds is 2. The summed E-state index contributed by atoms with van der Waals surface area (Å²) < 4.78 is 5.47. The van der Waals surface area contributed by atoms with Crippen LogP contribution in [0.1, 0.15) is 52.0 Å². The average molecular weight is 386 g/mol. The quantitative estimate of drug-likeness (QED) is 0.841. The molecular weight excluding hydrogens is 354 g/mol. The Balaban J connectivity index is 1.55. The number of hydrogen-bond donors (Lipinski definition) is 1. The summed E-state index contributed by atoms with van der Waals surface area (Å²) in [4.78, 5) is 16.5. The van der Waals surface area contributed by atoms with Crippen molar-refractivity contribution in [1.82, 2.24) is 9.80 Å². The molecule has 1 aromatic carbocycles. The van der Waals surface area contributed by atoms with Crippen LogP contribution in [0.2, 0.25) is 0 Å². The summed E-state index contributed by atoms with van der Waals surface area (Å²) in [5, 5.41) is 19.7. The molecular formula is C22H31N3O3. The van der Waals surface area contributed by atoms with Crippen LogP contribution in [0.4, 0.5) is 4.79 Å². The van der Waals surface area contributed by atoms with Gasteiger partial charge in [-0.25, -0.2) is 4.79 Å². The van der Waals surface area contributed by atoms with Gasteiger partial charge in [0, 0.05) is 32.2 Å². The molecule has 1 amide bonds. The molecule has 0 radical (unpaired) electrons. The molecule has 1 aliphatic heterocycles. The van der Waals surface area contributed by atoms with Crippen molar-refractivity contribution >= 4 is 6.09 Å². The van der Waals surface area contributed by atoms with Gasteiger partial charge >= 0.3 is 6.09 Å². The normalized spacial score (nSPS) is 26.5. The predicted molar refractivity (Wildman–Crippen MR) is 107 cm³/mol. The van der Waals surface area contributed by atoms with Gasteiger partial charge in [-0.3, -0.25) is 4.90 Å². The number of phenolic OH excluding ortho intramolecular Hbond substituents is 1. The van der Waals surface area contributed by atoms with E-state index in [4.69, 9.17) is 4.74 Å². The van der Waals surface area contributed by atoms with Gasteiger partial charge in [0.2, 0.25) is 0 Å². The third-order valence-corrected chi connectivity index (χ3v) is 5.90. The average Bonchev–Trinajstić information content (AvgIpc) is 2.67. The van der Waals surface area contributed by atoms with Crippen LogP contribution in [0.3, 0.4) is 0 Å². The molecule has 1 aliphatic carbocycles. The smallest absolute Gasteiger partial charge is 0.410 e. The number of ether oxygens (including phenoxy) is 1. The highest BCUT2D eigenvalue weighted by Crippen LogP contribution is 2.41. The van der Waals surface area contributed by atoms with E-state index in [1.165, 1.54) is 0 Å². The lowest BCUT2D eigenvalue weighted by Gasteiger charge is -2.44. The Hall–Kier alpha value is -2.26. The van der Waals surface area contributed by atoms with Gasteiger partial charge in [-0.2, -0.15) is 5.26 Å². The highest BCUT2D eigenvalue weighted by molar-refractivity contribution is 5.68. The zero-order chi connectivity index (χ0) is 20.4. The van der Waals surface area contributed by atoms with Crippen molar-refractivity contribution in [2.24, 2.45) is 0 Å². The van der Waals surface area contributed by atoms with Crippen LogP contribution in [0.15, 0.2) is 24.3 Å². The monoisotopic (exact) mass is 385 g/mol. The molecule has 152 valence electrons. The summed E-state index contributed by atoms with van der Waals surface area (Å²) in [6, 6.07) is 10.1. The molecule has 3 rings (SSSR count). The largest absolute Gasteiger partial charge is 0.508 e. The summed E-state index contributed by atoms with van der Waals surface area (Å²) >= 11 is 0. The Morgan fingerprint density at radius 1 is 1.21 bits per heavy atom. The van der Waals surface area contributed by atoms with Crippen LogP contribution in [-0.2, 0) is 10.2 Å². The molecule has 1 aromatic rings. The number of phenols is 1. The molecule has 1 heterocycles. The van der Waals surface area contributed by atoms with Crippen LogP contribution >= 0.6 is 0 Å². The van der Waals surface area contributed by atoms with E-state index in [2.05, 4.69) is 11.0 Å². The topological polar surface area (TPSA) is 76.8 Å². The van der Waals surface area contributed by atoms with Gasteiger partial charge < -0.3 is 14.7 Å². The fourth-order valence-corrected chi connectivity index (χ4v) is 4.33. The molecule has 0 spiro atoms. The first-order valence-electron chi connectivity index (χ1n) is 10.2. The van der Waals surface area contributed by atoms with Crippen LogP contribution in [0.5, 0.6) is 5.75 Å². The van der Waals surface area contributed by atoms with Crippen molar-refractivity contribution in [3.05, 3.63) is 29.8 Å². The molecule has 1 N–H and O–H groups in total. The van der Waals surface area contributed by atoms with Crippen LogP contribution < -0.4 is 0 Å². The molecule has 1 saturated heterocycles. The van der Waals surface area contributed by atoms with Gasteiger partial charge in [0.25, 0.3) is 0 Å². The van der Waals surface area contributed by atoms with Crippen molar-refractivity contribution in [2.45, 2.75) is 63.5 Å². The number of amides is 1. The standard InChI is InChI=1S/C22H31N3O3/c1-21(2,3)28-20(27)25-13-11-24(12-14-25)18-7-9-22(16-23,10-8-18)17-5-4-6-19(26)15-17/h4-6,15,18,26H,7-14H2,1-3H3. The van der Waals surface area contributed by atoms with Crippen LogP contribution in [-0.4, -0.2) is 58.8 Å². The third-order valence-electron chi connectivity index (χ3n) is 5.90. The molecule has 2 aliphatic rings. The number of nitriles is 1. The van der Waals surface area contributed by atoms with Crippen molar-refractivity contribution < 1.29 is 14.6 Å². The van der Waals surface area contributed by atoms with E-state index < -0.39 is 11.0 Å². The minimum Gasteiger partial charge on any atom is -0.508 e.